The summed E-state index contributed by atoms with van der Waals surface area (Å²) in [5.74, 6) is -0.808. The lowest BCUT2D eigenvalue weighted by Crippen LogP contribution is -2.36. The maximum atomic E-state index is 12.8. The Labute approximate surface area is 198 Å². The molecule has 176 valence electrons. The molecule has 0 radical (unpaired) electrons. The highest BCUT2D eigenvalue weighted by molar-refractivity contribution is 8.00. The van der Waals surface area contributed by atoms with Gasteiger partial charge in [0.15, 0.2) is 6.61 Å². The number of aryl methyl sites for hydroxylation is 1. The molecule has 0 bridgehead atoms. The Hall–Kier alpha value is -2.84. The van der Waals surface area contributed by atoms with Crippen molar-refractivity contribution >= 4 is 29.5 Å². The SMILES string of the molecule is COCCNC(=O)CSc1ccccc1C(=O)OCC(=O)N(C)C1CCCc2ccccc21. The van der Waals surface area contributed by atoms with Crippen LogP contribution in [0.3, 0.4) is 0 Å². The van der Waals surface area contributed by atoms with Gasteiger partial charge >= 0.3 is 5.97 Å². The number of nitrogens with zero attached hydrogens (tertiary/aromatic N) is 1. The zero-order valence-corrected chi connectivity index (χ0v) is 19.9. The van der Waals surface area contributed by atoms with Gasteiger partial charge in [-0.1, -0.05) is 36.4 Å². The quantitative estimate of drug-likeness (QED) is 0.326. The highest BCUT2D eigenvalue weighted by Gasteiger charge is 2.27. The van der Waals surface area contributed by atoms with Crippen LogP contribution in [0.2, 0.25) is 0 Å². The van der Waals surface area contributed by atoms with E-state index < -0.39 is 5.97 Å². The maximum absolute atomic E-state index is 12.8. The van der Waals surface area contributed by atoms with Gasteiger partial charge in [-0.2, -0.15) is 0 Å². The standard InChI is InChI=1S/C25H30N2O5S/c1-27(21-12-7-9-18-8-3-4-10-19(18)21)24(29)16-32-25(30)20-11-5-6-13-22(20)33-17-23(28)26-14-15-31-2/h3-6,8,10-11,13,21H,7,9,12,14-17H2,1-2H3,(H,26,28). The molecule has 1 N–H and O–H groups in total. The van der Waals surface area contributed by atoms with Crippen molar-refractivity contribution in [3.8, 4) is 0 Å². The first-order valence-corrected chi connectivity index (χ1v) is 12.0. The number of rotatable bonds is 10. The molecule has 0 heterocycles. The van der Waals surface area contributed by atoms with Crippen LogP contribution in [0.25, 0.3) is 0 Å². The largest absolute Gasteiger partial charge is 0.452 e. The molecular formula is C25H30N2O5S. The Morgan fingerprint density at radius 1 is 1.12 bits per heavy atom. The van der Waals surface area contributed by atoms with E-state index in [-0.39, 0.29) is 30.2 Å². The van der Waals surface area contributed by atoms with Gasteiger partial charge in [-0.05, 0) is 42.5 Å². The predicted molar refractivity (Wildman–Crippen MR) is 127 cm³/mol. The van der Waals surface area contributed by atoms with Crippen LogP contribution in [0.5, 0.6) is 0 Å². The van der Waals surface area contributed by atoms with E-state index in [4.69, 9.17) is 9.47 Å². The molecule has 0 saturated heterocycles. The minimum absolute atomic E-state index is 0.0133. The van der Waals surface area contributed by atoms with Gasteiger partial charge in [0.05, 0.1) is 24.0 Å². The normalized spacial score (nSPS) is 14.8. The van der Waals surface area contributed by atoms with Crippen molar-refractivity contribution in [3.63, 3.8) is 0 Å². The van der Waals surface area contributed by atoms with Crippen LogP contribution in [-0.2, 0) is 25.5 Å². The van der Waals surface area contributed by atoms with E-state index >= 15 is 0 Å². The van der Waals surface area contributed by atoms with Crippen molar-refractivity contribution in [1.29, 1.82) is 0 Å². The van der Waals surface area contributed by atoms with E-state index in [1.165, 1.54) is 17.3 Å². The Bertz CT molecular complexity index is 981. The molecule has 0 saturated carbocycles. The number of likely N-dealkylation sites (N-methyl/N-ethyl adjacent to an activating group) is 1. The van der Waals surface area contributed by atoms with E-state index in [2.05, 4.69) is 17.4 Å². The molecule has 0 spiro atoms. The number of esters is 1. The van der Waals surface area contributed by atoms with E-state index in [0.29, 0.717) is 23.6 Å². The summed E-state index contributed by atoms with van der Waals surface area (Å²) in [7, 11) is 3.33. The van der Waals surface area contributed by atoms with Gasteiger partial charge in [0.25, 0.3) is 5.91 Å². The summed E-state index contributed by atoms with van der Waals surface area (Å²) in [6.07, 6.45) is 2.92. The van der Waals surface area contributed by atoms with Crippen molar-refractivity contribution in [3.05, 3.63) is 65.2 Å². The van der Waals surface area contributed by atoms with Gasteiger partial charge in [0.2, 0.25) is 5.91 Å². The third-order valence-corrected chi connectivity index (χ3v) is 6.69. The molecule has 7 nitrogen and oxygen atoms in total. The smallest absolute Gasteiger partial charge is 0.339 e. The highest BCUT2D eigenvalue weighted by Crippen LogP contribution is 2.33. The van der Waals surface area contributed by atoms with Gasteiger partial charge in [-0.3, -0.25) is 9.59 Å². The first-order valence-electron chi connectivity index (χ1n) is 11.0. The number of ether oxygens (including phenoxy) is 2. The minimum atomic E-state index is -0.580. The summed E-state index contributed by atoms with van der Waals surface area (Å²) in [4.78, 5) is 39.7. The number of methoxy groups -OCH3 is 1. The van der Waals surface area contributed by atoms with Crippen molar-refractivity contribution in [2.75, 3.05) is 39.7 Å². The van der Waals surface area contributed by atoms with Gasteiger partial charge in [-0.15, -0.1) is 11.8 Å². The van der Waals surface area contributed by atoms with E-state index in [1.807, 2.05) is 12.1 Å². The number of fused-ring (bicyclic) bond motifs is 1. The molecule has 0 aliphatic heterocycles. The summed E-state index contributed by atoms with van der Waals surface area (Å²) in [5, 5.41) is 2.74. The number of thioether (sulfide) groups is 1. The summed E-state index contributed by atoms with van der Waals surface area (Å²) < 4.78 is 10.3. The minimum Gasteiger partial charge on any atom is -0.452 e. The molecule has 1 aliphatic rings. The Balaban J connectivity index is 1.55. The number of amides is 2. The molecule has 3 rings (SSSR count). The lowest BCUT2D eigenvalue weighted by atomic mass is 9.87. The molecule has 1 unspecified atom stereocenters. The average molecular weight is 471 g/mol. The fourth-order valence-electron chi connectivity index (χ4n) is 3.86. The first kappa shape index (κ1) is 24.8. The molecule has 2 aromatic carbocycles. The zero-order chi connectivity index (χ0) is 23.6. The molecule has 2 aromatic rings. The van der Waals surface area contributed by atoms with Crippen molar-refractivity contribution in [2.24, 2.45) is 0 Å². The van der Waals surface area contributed by atoms with Gasteiger partial charge < -0.3 is 19.7 Å². The number of hydrogen-bond acceptors (Lipinski definition) is 6. The third-order valence-electron chi connectivity index (χ3n) is 5.62. The number of carbonyl (C=O) groups excluding carboxylic acids is 3. The van der Waals surface area contributed by atoms with Crippen LogP contribution in [0.4, 0.5) is 0 Å². The van der Waals surface area contributed by atoms with E-state index in [0.717, 1.165) is 24.8 Å². The van der Waals surface area contributed by atoms with E-state index in [9.17, 15) is 14.4 Å². The van der Waals surface area contributed by atoms with Crippen molar-refractivity contribution < 1.29 is 23.9 Å². The second-order valence-corrected chi connectivity index (χ2v) is 8.83. The van der Waals surface area contributed by atoms with Gasteiger partial charge in [0.1, 0.15) is 0 Å². The van der Waals surface area contributed by atoms with Gasteiger partial charge in [-0.25, -0.2) is 4.79 Å². The molecule has 1 atom stereocenters. The third kappa shape index (κ3) is 6.82. The predicted octanol–water partition coefficient (Wildman–Crippen LogP) is 3.23. The van der Waals surface area contributed by atoms with Crippen molar-refractivity contribution in [2.45, 2.75) is 30.2 Å². The maximum Gasteiger partial charge on any atom is 0.339 e. The zero-order valence-electron chi connectivity index (χ0n) is 19.0. The Morgan fingerprint density at radius 3 is 2.70 bits per heavy atom. The van der Waals surface area contributed by atoms with Crippen LogP contribution in [0.15, 0.2) is 53.4 Å². The topological polar surface area (TPSA) is 84.9 Å². The van der Waals surface area contributed by atoms with E-state index in [1.54, 1.807) is 43.3 Å². The molecule has 33 heavy (non-hydrogen) atoms. The fourth-order valence-corrected chi connectivity index (χ4v) is 4.73. The second-order valence-electron chi connectivity index (χ2n) is 7.82. The molecule has 0 fully saturated rings. The first-order chi connectivity index (χ1) is 16.0. The number of nitrogens with one attached hydrogen (secondary N) is 1. The van der Waals surface area contributed by atoms with Gasteiger partial charge in [0, 0.05) is 25.6 Å². The van der Waals surface area contributed by atoms with Crippen LogP contribution in [0.1, 0.15) is 40.4 Å². The highest BCUT2D eigenvalue weighted by atomic mass is 32.2. The average Bonchev–Trinajstić information content (AvgIpc) is 2.85. The lowest BCUT2D eigenvalue weighted by molar-refractivity contribution is -0.135. The number of carbonyl (C=O) groups is 3. The lowest BCUT2D eigenvalue weighted by Gasteiger charge is -2.33. The molecule has 8 heteroatoms. The van der Waals surface area contributed by atoms with Crippen LogP contribution in [0, 0.1) is 0 Å². The molecule has 0 aromatic heterocycles. The monoisotopic (exact) mass is 470 g/mol. The fraction of sp³-hybridized carbons (Fsp3) is 0.400. The Kier molecular flexibility index (Phi) is 9.33. The summed E-state index contributed by atoms with van der Waals surface area (Å²) >= 11 is 1.25. The number of hydrogen-bond donors (Lipinski definition) is 1. The van der Waals surface area contributed by atoms with Crippen molar-refractivity contribution in [1.82, 2.24) is 10.2 Å². The summed E-state index contributed by atoms with van der Waals surface area (Å²) in [6.45, 7) is 0.541. The number of benzene rings is 2. The van der Waals surface area contributed by atoms with Crippen LogP contribution < -0.4 is 5.32 Å². The molecule has 1 aliphatic carbocycles. The second kappa shape index (κ2) is 12.4. The Morgan fingerprint density at radius 2 is 1.88 bits per heavy atom. The summed E-state index contributed by atoms with van der Waals surface area (Å²) in [5.41, 5.74) is 2.77. The summed E-state index contributed by atoms with van der Waals surface area (Å²) in [6, 6.07) is 15.1. The van der Waals surface area contributed by atoms with Crippen LogP contribution >= 0.6 is 11.8 Å². The molecular weight excluding hydrogens is 440 g/mol. The molecule has 2 amide bonds. The van der Waals surface area contributed by atoms with Crippen LogP contribution in [-0.4, -0.2) is 62.4 Å².